The Bertz CT molecular complexity index is 872. The van der Waals surface area contributed by atoms with Gasteiger partial charge in [-0.3, -0.25) is 4.79 Å². The van der Waals surface area contributed by atoms with Gasteiger partial charge in [-0.05, 0) is 32.9 Å². The zero-order valence-electron chi connectivity index (χ0n) is 12.3. The third kappa shape index (κ3) is 2.26. The maximum absolute atomic E-state index is 12.1. The molecule has 0 spiro atoms. The van der Waals surface area contributed by atoms with Crippen molar-refractivity contribution in [2.75, 3.05) is 13.1 Å². The van der Waals surface area contributed by atoms with Gasteiger partial charge in [-0.15, -0.1) is 11.3 Å². The number of piperidine rings is 1. The van der Waals surface area contributed by atoms with E-state index in [1.54, 1.807) is 17.4 Å². The lowest BCUT2D eigenvalue weighted by atomic mass is 9.94. The van der Waals surface area contributed by atoms with E-state index < -0.39 is 0 Å². The lowest BCUT2D eigenvalue weighted by molar-refractivity contribution is 0.446. The lowest BCUT2D eigenvalue weighted by Gasteiger charge is -2.23. The van der Waals surface area contributed by atoms with E-state index in [0.717, 1.165) is 52.7 Å². The standard InChI is InChI=1S/C15H17N5OS/c1-9-17-8-13(22-9)11-7-18-20-12(6-14(21)19-15(11)20)10-2-4-16-5-3-10/h6-8,10,16H,2-5H2,1H3,(H,19,21). The summed E-state index contributed by atoms with van der Waals surface area (Å²) in [5, 5.41) is 8.89. The molecule has 1 fully saturated rings. The van der Waals surface area contributed by atoms with Gasteiger partial charge in [0.15, 0.2) is 0 Å². The average Bonchev–Trinajstić information content (AvgIpc) is 3.13. The molecule has 3 aromatic rings. The third-order valence-corrected chi connectivity index (χ3v) is 5.12. The number of rotatable bonds is 2. The molecule has 0 amide bonds. The van der Waals surface area contributed by atoms with Gasteiger partial charge in [0.2, 0.25) is 0 Å². The van der Waals surface area contributed by atoms with E-state index >= 15 is 0 Å². The quantitative estimate of drug-likeness (QED) is 0.757. The number of aromatic nitrogens is 4. The minimum Gasteiger partial charge on any atom is -0.317 e. The number of nitrogens with zero attached hydrogens (tertiary/aromatic N) is 3. The van der Waals surface area contributed by atoms with E-state index in [1.165, 1.54) is 0 Å². The highest BCUT2D eigenvalue weighted by atomic mass is 32.1. The first-order chi connectivity index (χ1) is 10.7. The van der Waals surface area contributed by atoms with E-state index in [9.17, 15) is 4.79 Å². The Morgan fingerprint density at radius 3 is 2.86 bits per heavy atom. The van der Waals surface area contributed by atoms with Crippen LogP contribution in [0, 0.1) is 6.92 Å². The molecule has 0 atom stereocenters. The predicted octanol–water partition coefficient (Wildman–Crippen LogP) is 1.92. The van der Waals surface area contributed by atoms with Crippen molar-refractivity contribution in [1.82, 2.24) is 24.9 Å². The monoisotopic (exact) mass is 315 g/mol. The number of aromatic amines is 1. The minimum absolute atomic E-state index is 0.0657. The molecule has 22 heavy (non-hydrogen) atoms. The van der Waals surface area contributed by atoms with Crippen molar-refractivity contribution < 1.29 is 0 Å². The Kier molecular flexibility index (Phi) is 3.31. The Morgan fingerprint density at radius 2 is 2.14 bits per heavy atom. The summed E-state index contributed by atoms with van der Waals surface area (Å²) in [5.74, 6) is 0.377. The van der Waals surface area contributed by atoms with Crippen LogP contribution in [0.3, 0.4) is 0 Å². The molecule has 0 saturated carbocycles. The molecule has 1 aliphatic heterocycles. The topological polar surface area (TPSA) is 75.1 Å². The predicted molar refractivity (Wildman–Crippen MR) is 86.5 cm³/mol. The van der Waals surface area contributed by atoms with Crippen LogP contribution in [0.4, 0.5) is 0 Å². The molecule has 2 N–H and O–H groups in total. The van der Waals surface area contributed by atoms with Crippen LogP contribution in [-0.4, -0.2) is 32.7 Å². The number of fused-ring (bicyclic) bond motifs is 1. The maximum atomic E-state index is 12.1. The molecule has 3 aromatic heterocycles. The van der Waals surface area contributed by atoms with Gasteiger partial charge in [0.1, 0.15) is 5.65 Å². The molecule has 7 heteroatoms. The first-order valence-corrected chi connectivity index (χ1v) is 8.28. The minimum atomic E-state index is -0.0657. The summed E-state index contributed by atoms with van der Waals surface area (Å²) in [5.41, 5.74) is 2.65. The zero-order valence-corrected chi connectivity index (χ0v) is 13.1. The van der Waals surface area contributed by atoms with Crippen molar-refractivity contribution in [1.29, 1.82) is 0 Å². The maximum Gasteiger partial charge on any atom is 0.251 e. The van der Waals surface area contributed by atoms with Crippen molar-refractivity contribution in [3.05, 3.63) is 39.5 Å². The molecule has 4 rings (SSSR count). The molecule has 0 unspecified atom stereocenters. The summed E-state index contributed by atoms with van der Waals surface area (Å²) in [4.78, 5) is 20.4. The van der Waals surface area contributed by atoms with Gasteiger partial charge in [0, 0.05) is 18.2 Å². The highest BCUT2D eigenvalue weighted by molar-refractivity contribution is 7.15. The molecule has 0 aromatic carbocycles. The van der Waals surface area contributed by atoms with Crippen LogP contribution in [0.5, 0.6) is 0 Å². The molecule has 4 heterocycles. The number of hydrogen-bond donors (Lipinski definition) is 2. The number of thiazole rings is 1. The largest absolute Gasteiger partial charge is 0.317 e. The van der Waals surface area contributed by atoms with Gasteiger partial charge in [-0.25, -0.2) is 9.50 Å². The molecular weight excluding hydrogens is 298 g/mol. The van der Waals surface area contributed by atoms with E-state index in [-0.39, 0.29) is 5.56 Å². The van der Waals surface area contributed by atoms with E-state index in [0.29, 0.717) is 5.92 Å². The summed E-state index contributed by atoms with van der Waals surface area (Å²) in [7, 11) is 0. The summed E-state index contributed by atoms with van der Waals surface area (Å²) in [6.45, 7) is 3.95. The summed E-state index contributed by atoms with van der Waals surface area (Å²) < 4.78 is 1.89. The Labute approximate surface area is 131 Å². The highest BCUT2D eigenvalue weighted by Gasteiger charge is 2.21. The second-order valence-electron chi connectivity index (χ2n) is 5.64. The van der Waals surface area contributed by atoms with Crippen molar-refractivity contribution >= 4 is 17.0 Å². The van der Waals surface area contributed by atoms with Gasteiger partial charge in [0.05, 0.1) is 27.3 Å². The fourth-order valence-electron chi connectivity index (χ4n) is 3.09. The summed E-state index contributed by atoms with van der Waals surface area (Å²) >= 11 is 1.61. The molecule has 1 aliphatic rings. The van der Waals surface area contributed by atoms with Crippen molar-refractivity contribution in [3.63, 3.8) is 0 Å². The van der Waals surface area contributed by atoms with Gasteiger partial charge in [-0.1, -0.05) is 0 Å². The molecule has 1 saturated heterocycles. The van der Waals surface area contributed by atoms with E-state index in [1.807, 2.05) is 23.8 Å². The van der Waals surface area contributed by atoms with E-state index in [4.69, 9.17) is 0 Å². The van der Waals surface area contributed by atoms with Crippen LogP contribution in [0.1, 0.15) is 29.5 Å². The molecule has 0 radical (unpaired) electrons. The lowest BCUT2D eigenvalue weighted by Crippen LogP contribution is -2.28. The van der Waals surface area contributed by atoms with E-state index in [2.05, 4.69) is 20.4 Å². The first kappa shape index (κ1) is 13.7. The molecule has 0 bridgehead atoms. The van der Waals surface area contributed by atoms with Crippen molar-refractivity contribution in [3.8, 4) is 10.4 Å². The number of H-pyrrole nitrogens is 1. The zero-order chi connectivity index (χ0) is 15.1. The van der Waals surface area contributed by atoms with Crippen LogP contribution < -0.4 is 10.9 Å². The smallest absolute Gasteiger partial charge is 0.251 e. The number of hydrogen-bond acceptors (Lipinski definition) is 5. The second-order valence-corrected chi connectivity index (χ2v) is 6.88. The van der Waals surface area contributed by atoms with Gasteiger partial charge in [0.25, 0.3) is 5.56 Å². The Balaban J connectivity index is 1.89. The van der Waals surface area contributed by atoms with Crippen molar-refractivity contribution in [2.45, 2.75) is 25.7 Å². The van der Waals surface area contributed by atoms with Gasteiger partial charge < -0.3 is 10.3 Å². The van der Waals surface area contributed by atoms with Crippen LogP contribution >= 0.6 is 11.3 Å². The third-order valence-electron chi connectivity index (χ3n) is 4.18. The van der Waals surface area contributed by atoms with Crippen LogP contribution in [0.2, 0.25) is 0 Å². The van der Waals surface area contributed by atoms with Crippen molar-refractivity contribution in [2.24, 2.45) is 0 Å². The van der Waals surface area contributed by atoms with Crippen LogP contribution in [0.15, 0.2) is 23.3 Å². The molecule has 6 nitrogen and oxygen atoms in total. The first-order valence-electron chi connectivity index (χ1n) is 7.47. The number of nitrogens with one attached hydrogen (secondary N) is 2. The highest BCUT2D eigenvalue weighted by Crippen LogP contribution is 2.30. The second kappa shape index (κ2) is 5.33. The molecule has 0 aliphatic carbocycles. The fourth-order valence-corrected chi connectivity index (χ4v) is 3.88. The normalized spacial score (nSPS) is 16.4. The Morgan fingerprint density at radius 1 is 1.32 bits per heavy atom. The molecule has 114 valence electrons. The average molecular weight is 315 g/mol. The van der Waals surface area contributed by atoms with Gasteiger partial charge in [-0.2, -0.15) is 5.10 Å². The van der Waals surface area contributed by atoms with Crippen LogP contribution in [-0.2, 0) is 0 Å². The van der Waals surface area contributed by atoms with Crippen LogP contribution in [0.25, 0.3) is 16.1 Å². The van der Waals surface area contributed by atoms with Gasteiger partial charge >= 0.3 is 0 Å². The molecular formula is C15H17N5OS. The Hall–Kier alpha value is -1.99. The number of aryl methyl sites for hydroxylation is 1. The summed E-state index contributed by atoms with van der Waals surface area (Å²) in [6, 6.07) is 1.69. The SMILES string of the molecule is Cc1ncc(-c2cnn3c(C4CCNCC4)cc(=O)[nH]c23)s1. The fraction of sp³-hybridized carbons (Fsp3) is 0.400. The summed E-state index contributed by atoms with van der Waals surface area (Å²) in [6.07, 6.45) is 5.73.